The van der Waals surface area contributed by atoms with Gasteiger partial charge in [0.25, 0.3) is 0 Å². The van der Waals surface area contributed by atoms with Gasteiger partial charge in [0.2, 0.25) is 10.0 Å². The maximum Gasteiger partial charge on any atom is 0.240 e. The normalized spacial score (nSPS) is 19.3. The summed E-state index contributed by atoms with van der Waals surface area (Å²) in [6.07, 6.45) is 1.99. The van der Waals surface area contributed by atoms with Crippen molar-refractivity contribution in [2.75, 3.05) is 19.6 Å². The molecule has 0 aliphatic carbocycles. The molecule has 19 heavy (non-hydrogen) atoms. The molecule has 1 aliphatic rings. The topological polar surface area (TPSA) is 58.2 Å². The summed E-state index contributed by atoms with van der Waals surface area (Å²) in [5.41, 5.74) is 0.0493. The van der Waals surface area contributed by atoms with E-state index in [1.54, 1.807) is 24.3 Å². The fraction of sp³-hybridized carbons (Fsp3) is 0.538. The Hall–Kier alpha value is -0.430. The average Bonchev–Trinajstić information content (AvgIpc) is 2.38. The third-order valence-corrected chi connectivity index (χ3v) is 5.57. The molecule has 6 heteroatoms. The minimum atomic E-state index is -3.41. The van der Waals surface area contributed by atoms with Gasteiger partial charge in [-0.1, -0.05) is 22.9 Å². The van der Waals surface area contributed by atoms with Gasteiger partial charge in [-0.05, 0) is 55.6 Å². The van der Waals surface area contributed by atoms with E-state index in [4.69, 9.17) is 0 Å². The molecule has 4 nitrogen and oxygen atoms in total. The molecule has 2 N–H and O–H groups in total. The molecule has 106 valence electrons. The minimum Gasteiger partial charge on any atom is -0.317 e. The third-order valence-electron chi connectivity index (χ3n) is 3.62. The maximum atomic E-state index is 12.2. The van der Waals surface area contributed by atoms with Crippen molar-refractivity contribution in [3.63, 3.8) is 0 Å². The number of halogens is 1. The summed E-state index contributed by atoms with van der Waals surface area (Å²) >= 11 is 3.30. The number of piperidine rings is 1. The Morgan fingerprint density at radius 1 is 1.26 bits per heavy atom. The smallest absolute Gasteiger partial charge is 0.240 e. The molecule has 0 bridgehead atoms. The van der Waals surface area contributed by atoms with Gasteiger partial charge >= 0.3 is 0 Å². The van der Waals surface area contributed by atoms with Crippen molar-refractivity contribution in [1.82, 2.24) is 10.0 Å². The van der Waals surface area contributed by atoms with Gasteiger partial charge in [0, 0.05) is 11.0 Å². The van der Waals surface area contributed by atoms with Crippen LogP contribution in [0.4, 0.5) is 0 Å². The van der Waals surface area contributed by atoms with Gasteiger partial charge in [0.05, 0.1) is 4.90 Å². The SMILES string of the molecule is CC1(CNS(=O)(=O)c2ccc(Br)cc2)CCNCC1. The number of rotatable bonds is 4. The highest BCUT2D eigenvalue weighted by Crippen LogP contribution is 2.27. The van der Waals surface area contributed by atoms with Gasteiger partial charge in [0.15, 0.2) is 0 Å². The Morgan fingerprint density at radius 2 is 1.84 bits per heavy atom. The Balaban J connectivity index is 2.03. The van der Waals surface area contributed by atoms with E-state index in [-0.39, 0.29) is 5.41 Å². The van der Waals surface area contributed by atoms with Crippen molar-refractivity contribution < 1.29 is 8.42 Å². The molecule has 0 radical (unpaired) electrons. The second-order valence-electron chi connectivity index (χ2n) is 5.34. The van der Waals surface area contributed by atoms with Crippen LogP contribution in [-0.4, -0.2) is 28.1 Å². The van der Waals surface area contributed by atoms with Gasteiger partial charge in [-0.2, -0.15) is 0 Å². The van der Waals surface area contributed by atoms with Gasteiger partial charge in [-0.15, -0.1) is 0 Å². The first-order valence-corrected chi connectivity index (χ1v) is 8.65. The zero-order valence-electron chi connectivity index (χ0n) is 10.9. The van der Waals surface area contributed by atoms with Crippen molar-refractivity contribution >= 4 is 26.0 Å². The molecule has 1 fully saturated rings. The first-order chi connectivity index (χ1) is 8.91. The second kappa shape index (κ2) is 5.91. The van der Waals surface area contributed by atoms with E-state index in [9.17, 15) is 8.42 Å². The van der Waals surface area contributed by atoms with Crippen LogP contribution in [0, 0.1) is 5.41 Å². The fourth-order valence-corrected chi connectivity index (χ4v) is 3.64. The standard InChI is InChI=1S/C13H19BrN2O2S/c1-13(6-8-15-9-7-13)10-16-19(17,18)12-4-2-11(14)3-5-12/h2-5,15-16H,6-10H2,1H3. The van der Waals surface area contributed by atoms with Gasteiger partial charge in [-0.25, -0.2) is 13.1 Å². The molecule has 0 unspecified atom stereocenters. The molecule has 1 heterocycles. The van der Waals surface area contributed by atoms with Crippen LogP contribution < -0.4 is 10.0 Å². The number of hydrogen-bond acceptors (Lipinski definition) is 3. The Bertz CT molecular complexity index is 522. The molecule has 0 atom stereocenters. The van der Waals surface area contributed by atoms with Crippen LogP contribution in [0.2, 0.25) is 0 Å². The molecule has 2 rings (SSSR count). The zero-order chi connectivity index (χ0) is 13.9. The monoisotopic (exact) mass is 346 g/mol. The lowest BCUT2D eigenvalue weighted by atomic mass is 9.81. The molecular formula is C13H19BrN2O2S. The summed E-state index contributed by atoms with van der Waals surface area (Å²) in [6.45, 7) is 4.54. The molecule has 1 aliphatic heterocycles. The molecule has 1 saturated heterocycles. The number of sulfonamides is 1. The highest BCUT2D eigenvalue weighted by Gasteiger charge is 2.28. The van der Waals surface area contributed by atoms with Crippen molar-refractivity contribution in [2.24, 2.45) is 5.41 Å². The number of hydrogen-bond donors (Lipinski definition) is 2. The Morgan fingerprint density at radius 3 is 2.42 bits per heavy atom. The van der Waals surface area contributed by atoms with Crippen molar-refractivity contribution in [3.05, 3.63) is 28.7 Å². The summed E-state index contributed by atoms with van der Waals surface area (Å²) < 4.78 is 28.0. The van der Waals surface area contributed by atoms with E-state index >= 15 is 0 Å². The third kappa shape index (κ3) is 4.02. The van der Waals surface area contributed by atoms with Gasteiger partial charge in [-0.3, -0.25) is 0 Å². The van der Waals surface area contributed by atoms with Crippen LogP contribution in [0.25, 0.3) is 0 Å². The molecule has 0 saturated carbocycles. The number of benzene rings is 1. The van der Waals surface area contributed by atoms with E-state index in [1.165, 1.54) is 0 Å². The highest BCUT2D eigenvalue weighted by atomic mass is 79.9. The summed E-state index contributed by atoms with van der Waals surface area (Å²) in [7, 11) is -3.41. The van der Waals surface area contributed by atoms with Crippen molar-refractivity contribution in [2.45, 2.75) is 24.7 Å². The summed E-state index contributed by atoms with van der Waals surface area (Å²) in [6, 6.07) is 6.69. The van der Waals surface area contributed by atoms with Crippen LogP contribution in [0.5, 0.6) is 0 Å². The highest BCUT2D eigenvalue weighted by molar-refractivity contribution is 9.10. The lowest BCUT2D eigenvalue weighted by Crippen LogP contribution is -2.42. The van der Waals surface area contributed by atoms with Crippen LogP contribution in [0.1, 0.15) is 19.8 Å². The quantitative estimate of drug-likeness (QED) is 0.877. The molecular weight excluding hydrogens is 328 g/mol. The summed E-state index contributed by atoms with van der Waals surface area (Å²) in [5.74, 6) is 0. The van der Waals surface area contributed by atoms with Gasteiger partial charge < -0.3 is 5.32 Å². The maximum absolute atomic E-state index is 12.2. The lowest BCUT2D eigenvalue weighted by molar-refractivity contribution is 0.232. The number of nitrogens with one attached hydrogen (secondary N) is 2. The zero-order valence-corrected chi connectivity index (χ0v) is 13.4. The fourth-order valence-electron chi connectivity index (χ4n) is 2.17. The predicted molar refractivity (Wildman–Crippen MR) is 79.5 cm³/mol. The minimum absolute atomic E-state index is 0.0493. The average molecular weight is 347 g/mol. The molecule has 0 spiro atoms. The molecule has 0 aromatic heterocycles. The summed E-state index contributed by atoms with van der Waals surface area (Å²) in [4.78, 5) is 0.313. The molecule has 1 aromatic rings. The lowest BCUT2D eigenvalue weighted by Gasteiger charge is -2.34. The van der Waals surface area contributed by atoms with Crippen LogP contribution in [0.3, 0.4) is 0 Å². The van der Waals surface area contributed by atoms with Crippen molar-refractivity contribution in [3.8, 4) is 0 Å². The molecule has 1 aromatic carbocycles. The van der Waals surface area contributed by atoms with Gasteiger partial charge in [0.1, 0.15) is 0 Å². The van der Waals surface area contributed by atoms with E-state index in [2.05, 4.69) is 32.9 Å². The van der Waals surface area contributed by atoms with Crippen LogP contribution in [-0.2, 0) is 10.0 Å². The van der Waals surface area contributed by atoms with E-state index < -0.39 is 10.0 Å². The Labute approximate surface area is 123 Å². The van der Waals surface area contributed by atoms with Crippen LogP contribution in [0.15, 0.2) is 33.6 Å². The van der Waals surface area contributed by atoms with E-state index in [0.29, 0.717) is 11.4 Å². The largest absolute Gasteiger partial charge is 0.317 e. The summed E-state index contributed by atoms with van der Waals surface area (Å²) in [5, 5.41) is 3.29. The molecule has 0 amide bonds. The van der Waals surface area contributed by atoms with Crippen LogP contribution >= 0.6 is 15.9 Å². The van der Waals surface area contributed by atoms with E-state index in [0.717, 1.165) is 30.4 Å². The Kier molecular flexibility index (Phi) is 4.66. The van der Waals surface area contributed by atoms with E-state index in [1.807, 2.05) is 0 Å². The first kappa shape index (κ1) is 15.0. The first-order valence-electron chi connectivity index (χ1n) is 6.37. The second-order valence-corrected chi connectivity index (χ2v) is 8.02. The van der Waals surface area contributed by atoms with Crippen molar-refractivity contribution in [1.29, 1.82) is 0 Å². The predicted octanol–water partition coefficient (Wildman–Crippen LogP) is 2.12.